The third-order valence-corrected chi connectivity index (χ3v) is 4.13. The zero-order chi connectivity index (χ0) is 15.9. The number of carbonyl (C=O) groups is 1. The summed E-state index contributed by atoms with van der Waals surface area (Å²) in [7, 11) is 1.44. The van der Waals surface area contributed by atoms with Crippen molar-refractivity contribution in [2.75, 3.05) is 7.11 Å². The van der Waals surface area contributed by atoms with Crippen molar-refractivity contribution in [1.29, 1.82) is 0 Å². The summed E-state index contributed by atoms with van der Waals surface area (Å²) in [5, 5.41) is 11.0. The SMILES string of the molecule is COc1cc(-c2cc3cc(Cl)c(Cl)cc3[nH]2)ccc1C(=O)O. The van der Waals surface area contributed by atoms with Crippen LogP contribution in [0.15, 0.2) is 36.4 Å². The second-order valence-corrected chi connectivity index (χ2v) is 5.57. The van der Waals surface area contributed by atoms with E-state index < -0.39 is 5.97 Å². The summed E-state index contributed by atoms with van der Waals surface area (Å²) >= 11 is 12.0. The standard InChI is InChI=1S/C16H11Cl2NO3/c1-22-15-6-8(2-3-10(15)16(20)21)13-5-9-4-11(17)12(18)7-14(9)19-13/h2-7,19H,1H3,(H,20,21). The van der Waals surface area contributed by atoms with E-state index in [4.69, 9.17) is 33.0 Å². The number of hydrogen-bond donors (Lipinski definition) is 2. The average Bonchev–Trinajstić information content (AvgIpc) is 2.89. The Morgan fingerprint density at radius 2 is 1.86 bits per heavy atom. The molecule has 6 heteroatoms. The maximum Gasteiger partial charge on any atom is 0.339 e. The van der Waals surface area contributed by atoms with Gasteiger partial charge in [-0.25, -0.2) is 4.79 Å². The number of carboxylic acid groups (broad SMARTS) is 1. The van der Waals surface area contributed by atoms with E-state index in [0.29, 0.717) is 15.8 Å². The fraction of sp³-hybridized carbons (Fsp3) is 0.0625. The molecule has 0 radical (unpaired) electrons. The normalized spacial score (nSPS) is 10.9. The lowest BCUT2D eigenvalue weighted by atomic mass is 10.1. The zero-order valence-corrected chi connectivity index (χ0v) is 13.0. The molecule has 0 aliphatic heterocycles. The number of rotatable bonds is 3. The molecule has 4 nitrogen and oxygen atoms in total. The molecule has 0 aliphatic carbocycles. The van der Waals surface area contributed by atoms with Gasteiger partial charge in [0.15, 0.2) is 0 Å². The van der Waals surface area contributed by atoms with E-state index in [9.17, 15) is 4.79 Å². The van der Waals surface area contributed by atoms with Gasteiger partial charge in [-0.3, -0.25) is 0 Å². The van der Waals surface area contributed by atoms with Crippen LogP contribution in [0.3, 0.4) is 0 Å². The van der Waals surface area contributed by atoms with Crippen molar-refractivity contribution in [3.63, 3.8) is 0 Å². The van der Waals surface area contributed by atoms with E-state index in [2.05, 4.69) is 4.98 Å². The van der Waals surface area contributed by atoms with Crippen LogP contribution in [0.25, 0.3) is 22.2 Å². The lowest BCUT2D eigenvalue weighted by Crippen LogP contribution is -2.00. The molecule has 0 fully saturated rings. The topological polar surface area (TPSA) is 62.3 Å². The maximum absolute atomic E-state index is 11.1. The highest BCUT2D eigenvalue weighted by Crippen LogP contribution is 2.32. The predicted molar refractivity (Wildman–Crippen MR) is 87.3 cm³/mol. The molecule has 0 spiro atoms. The second kappa shape index (κ2) is 5.55. The number of methoxy groups -OCH3 is 1. The Balaban J connectivity index is 2.13. The number of H-pyrrole nitrogens is 1. The number of aromatic amines is 1. The number of halogens is 2. The molecular weight excluding hydrogens is 325 g/mol. The van der Waals surface area contributed by atoms with Gasteiger partial charge in [0.25, 0.3) is 0 Å². The number of ether oxygens (including phenoxy) is 1. The van der Waals surface area contributed by atoms with Gasteiger partial charge in [0, 0.05) is 22.2 Å². The molecule has 3 aromatic rings. The number of hydrogen-bond acceptors (Lipinski definition) is 2. The molecule has 22 heavy (non-hydrogen) atoms. The van der Waals surface area contributed by atoms with Crippen molar-refractivity contribution >= 4 is 40.1 Å². The molecule has 0 amide bonds. The molecule has 0 saturated carbocycles. The lowest BCUT2D eigenvalue weighted by molar-refractivity contribution is 0.0693. The maximum atomic E-state index is 11.1. The first-order valence-electron chi connectivity index (χ1n) is 6.39. The molecule has 0 aliphatic rings. The Bertz CT molecular complexity index is 847. The Kier molecular flexibility index (Phi) is 3.72. The molecule has 0 atom stereocenters. The summed E-state index contributed by atoms with van der Waals surface area (Å²) in [5.74, 6) is -0.724. The smallest absolute Gasteiger partial charge is 0.339 e. The number of nitrogens with one attached hydrogen (secondary N) is 1. The third-order valence-electron chi connectivity index (χ3n) is 3.40. The summed E-state index contributed by atoms with van der Waals surface area (Å²) in [4.78, 5) is 14.4. The van der Waals surface area contributed by atoms with Gasteiger partial charge in [-0.05, 0) is 30.3 Å². The van der Waals surface area contributed by atoms with Gasteiger partial charge >= 0.3 is 5.97 Å². The summed E-state index contributed by atoms with van der Waals surface area (Å²) in [6.07, 6.45) is 0. The fourth-order valence-corrected chi connectivity index (χ4v) is 2.65. The predicted octanol–water partition coefficient (Wildman–Crippen LogP) is 4.85. The van der Waals surface area contributed by atoms with Crippen molar-refractivity contribution in [3.05, 3.63) is 52.0 Å². The van der Waals surface area contributed by atoms with Crippen LogP contribution in [0, 0.1) is 0 Å². The molecule has 0 bridgehead atoms. The molecule has 2 aromatic carbocycles. The van der Waals surface area contributed by atoms with Gasteiger partial charge in [-0.1, -0.05) is 29.3 Å². The molecule has 0 unspecified atom stereocenters. The lowest BCUT2D eigenvalue weighted by Gasteiger charge is -2.06. The third kappa shape index (κ3) is 2.51. The van der Waals surface area contributed by atoms with Gasteiger partial charge in [-0.2, -0.15) is 0 Å². The van der Waals surface area contributed by atoms with Crippen molar-refractivity contribution in [2.45, 2.75) is 0 Å². The number of carboxylic acids is 1. The van der Waals surface area contributed by atoms with Crippen LogP contribution in [-0.4, -0.2) is 23.2 Å². The van der Waals surface area contributed by atoms with Gasteiger partial charge in [0.1, 0.15) is 11.3 Å². The highest BCUT2D eigenvalue weighted by Gasteiger charge is 2.13. The molecule has 1 heterocycles. The van der Waals surface area contributed by atoms with E-state index in [1.54, 1.807) is 24.3 Å². The first kappa shape index (κ1) is 14.8. The van der Waals surface area contributed by atoms with Gasteiger partial charge in [-0.15, -0.1) is 0 Å². The van der Waals surface area contributed by atoms with Crippen molar-refractivity contribution in [2.24, 2.45) is 0 Å². The van der Waals surface area contributed by atoms with Gasteiger partial charge in [0.05, 0.1) is 17.2 Å². The summed E-state index contributed by atoms with van der Waals surface area (Å²) < 4.78 is 5.14. The minimum absolute atomic E-state index is 0.119. The molecular formula is C16H11Cl2NO3. The Morgan fingerprint density at radius 1 is 1.14 bits per heavy atom. The van der Waals surface area contributed by atoms with Crippen LogP contribution in [0.5, 0.6) is 5.75 Å². The summed E-state index contributed by atoms with van der Waals surface area (Å²) in [6.45, 7) is 0. The summed E-state index contributed by atoms with van der Waals surface area (Å²) in [6, 6.07) is 10.4. The second-order valence-electron chi connectivity index (χ2n) is 4.76. The first-order chi connectivity index (χ1) is 10.5. The van der Waals surface area contributed by atoms with Gasteiger partial charge in [0.2, 0.25) is 0 Å². The van der Waals surface area contributed by atoms with Crippen molar-refractivity contribution in [1.82, 2.24) is 4.98 Å². The highest BCUT2D eigenvalue weighted by molar-refractivity contribution is 6.42. The zero-order valence-electron chi connectivity index (χ0n) is 11.5. The molecule has 2 N–H and O–H groups in total. The number of aromatic carboxylic acids is 1. The first-order valence-corrected chi connectivity index (χ1v) is 7.14. The Morgan fingerprint density at radius 3 is 2.55 bits per heavy atom. The molecule has 0 saturated heterocycles. The van der Waals surface area contributed by atoms with Gasteiger partial charge < -0.3 is 14.8 Å². The molecule has 112 valence electrons. The largest absolute Gasteiger partial charge is 0.496 e. The number of aromatic nitrogens is 1. The molecule has 3 rings (SSSR count). The number of benzene rings is 2. The molecule has 1 aromatic heterocycles. The van der Waals surface area contributed by atoms with E-state index in [-0.39, 0.29) is 5.56 Å². The van der Waals surface area contributed by atoms with Crippen molar-refractivity contribution in [3.8, 4) is 17.0 Å². The Hall–Kier alpha value is -2.17. The van der Waals surface area contributed by atoms with Crippen LogP contribution in [-0.2, 0) is 0 Å². The van der Waals surface area contributed by atoms with Crippen LogP contribution >= 0.6 is 23.2 Å². The van der Waals surface area contributed by atoms with E-state index in [1.807, 2.05) is 6.07 Å². The van der Waals surface area contributed by atoms with Crippen molar-refractivity contribution < 1.29 is 14.6 Å². The highest BCUT2D eigenvalue weighted by atomic mass is 35.5. The van der Waals surface area contributed by atoms with Crippen LogP contribution in [0.4, 0.5) is 0 Å². The monoisotopic (exact) mass is 335 g/mol. The Labute approximate surface area is 136 Å². The van der Waals surface area contributed by atoms with Crippen LogP contribution in [0.2, 0.25) is 10.0 Å². The quantitative estimate of drug-likeness (QED) is 0.719. The fourth-order valence-electron chi connectivity index (χ4n) is 2.32. The summed E-state index contributed by atoms with van der Waals surface area (Å²) in [5.41, 5.74) is 2.60. The number of fused-ring (bicyclic) bond motifs is 1. The average molecular weight is 336 g/mol. The van der Waals surface area contributed by atoms with E-state index in [0.717, 1.165) is 22.2 Å². The van der Waals surface area contributed by atoms with Crippen LogP contribution < -0.4 is 4.74 Å². The minimum Gasteiger partial charge on any atom is -0.496 e. The van der Waals surface area contributed by atoms with Crippen LogP contribution in [0.1, 0.15) is 10.4 Å². The van der Waals surface area contributed by atoms with E-state index >= 15 is 0 Å². The van der Waals surface area contributed by atoms with E-state index in [1.165, 1.54) is 13.2 Å². The minimum atomic E-state index is -1.03.